The van der Waals surface area contributed by atoms with Crippen molar-refractivity contribution in [3.63, 3.8) is 0 Å². The third kappa shape index (κ3) is 4.46. The molecule has 0 saturated carbocycles. The molecule has 2 atom stereocenters. The molecule has 2 aliphatic heterocycles. The van der Waals surface area contributed by atoms with Crippen LogP contribution in [0, 0.1) is 11.8 Å². The Hall–Kier alpha value is -1.75. The summed E-state index contributed by atoms with van der Waals surface area (Å²) >= 11 is 1.65. The van der Waals surface area contributed by atoms with Crippen LogP contribution < -0.4 is 26.7 Å². The van der Waals surface area contributed by atoms with E-state index in [2.05, 4.69) is 31.3 Å². The molecule has 3 rings (SSSR count). The summed E-state index contributed by atoms with van der Waals surface area (Å²) < 4.78 is 0. The number of nitrogens with zero attached hydrogens (tertiary/aromatic N) is 3. The lowest BCUT2D eigenvalue weighted by molar-refractivity contribution is -0.713. The highest BCUT2D eigenvalue weighted by Gasteiger charge is 2.35. The Kier molecular flexibility index (Phi) is 6.19. The summed E-state index contributed by atoms with van der Waals surface area (Å²) in [6, 6.07) is 0. The van der Waals surface area contributed by atoms with Gasteiger partial charge in [-0.3, -0.25) is 10.2 Å². The number of carboxylic acid groups (broad SMARTS) is 1. The van der Waals surface area contributed by atoms with Gasteiger partial charge in [0.2, 0.25) is 0 Å². The van der Waals surface area contributed by atoms with Gasteiger partial charge in [0.1, 0.15) is 0 Å². The van der Waals surface area contributed by atoms with Gasteiger partial charge in [0.05, 0.1) is 5.92 Å². The second-order valence-electron chi connectivity index (χ2n) is 6.30. The molecule has 0 radical (unpaired) electrons. The van der Waals surface area contributed by atoms with Gasteiger partial charge in [-0.05, 0) is 17.9 Å². The van der Waals surface area contributed by atoms with E-state index < -0.39 is 11.9 Å². The maximum absolute atomic E-state index is 11.8. The van der Waals surface area contributed by atoms with Crippen LogP contribution in [-0.4, -0.2) is 48.1 Å². The number of hydrogen-bond acceptors (Lipinski definition) is 8. The third-order valence-corrected chi connectivity index (χ3v) is 5.65. The van der Waals surface area contributed by atoms with Crippen LogP contribution in [0.3, 0.4) is 0 Å². The minimum absolute atomic E-state index is 0.194. The largest absolute Gasteiger partial charge is 0.481 e. The fourth-order valence-electron chi connectivity index (χ4n) is 3.28. The molecule has 6 N–H and O–H groups in total. The zero-order chi connectivity index (χ0) is 17.6. The maximum atomic E-state index is 11.8. The Balaban J connectivity index is 1.75. The topological polar surface area (TPSA) is 118 Å². The molecule has 1 fully saturated rings. The number of carbonyl (C=O) groups is 1. The van der Waals surface area contributed by atoms with Crippen molar-refractivity contribution in [3.05, 3.63) is 11.1 Å². The number of carboxylic acids is 1. The maximum Gasteiger partial charge on any atom is 0.307 e. The van der Waals surface area contributed by atoms with E-state index >= 15 is 0 Å². The van der Waals surface area contributed by atoms with Gasteiger partial charge in [-0.2, -0.15) is 0 Å². The number of hydrazine groups is 1. The molecule has 9 nitrogen and oxygen atoms in total. The lowest BCUT2D eigenvalue weighted by Crippen LogP contribution is -2.87. The summed E-state index contributed by atoms with van der Waals surface area (Å²) in [7, 11) is 0. The number of hydrogen-bond donors (Lipinski definition) is 5. The number of nitrogens with two attached hydrogens (primary N) is 1. The van der Waals surface area contributed by atoms with Crippen molar-refractivity contribution in [2.24, 2.45) is 16.9 Å². The fourth-order valence-corrected chi connectivity index (χ4v) is 4.30. The number of anilines is 1. The van der Waals surface area contributed by atoms with E-state index in [4.69, 9.17) is 0 Å². The van der Waals surface area contributed by atoms with Crippen molar-refractivity contribution in [1.29, 1.82) is 0 Å². The van der Waals surface area contributed by atoms with Gasteiger partial charge in [-0.1, -0.05) is 18.9 Å². The minimum atomic E-state index is -0.768. The van der Waals surface area contributed by atoms with E-state index in [0.29, 0.717) is 18.7 Å². The minimum Gasteiger partial charge on any atom is -0.481 e. The number of aliphatic carboxylic acids is 1. The average molecular weight is 368 g/mol. The molecule has 1 aromatic heterocycles. The fraction of sp³-hybridized carbons (Fsp3) is 0.667. The van der Waals surface area contributed by atoms with Gasteiger partial charge in [-0.15, -0.1) is 16.9 Å². The standard InChI is InChI=1S/C15H25N7O2S/c1-2-3-11(14(23)24)12(13-18-20-21-19-13)8-10-9-17-15(25-10)22-6-4-16-5-7-22/h9,11-12,16,20-21H,2-8H2,1H3,(H,18,19)(H,23,24)/p+1. The van der Waals surface area contributed by atoms with Crippen molar-refractivity contribution in [2.45, 2.75) is 26.2 Å². The highest BCUT2D eigenvalue weighted by atomic mass is 32.1. The summed E-state index contributed by atoms with van der Waals surface area (Å²) in [6.07, 6.45) is 3.96. The lowest BCUT2D eigenvalue weighted by atomic mass is 9.85. The first-order chi connectivity index (χ1) is 12.2. The summed E-state index contributed by atoms with van der Waals surface area (Å²) in [4.78, 5) is 19.7. The molecule has 1 aromatic rings. The molecule has 0 spiro atoms. The van der Waals surface area contributed by atoms with Crippen LogP contribution in [-0.2, 0) is 11.2 Å². The van der Waals surface area contributed by atoms with Crippen molar-refractivity contribution in [1.82, 2.24) is 21.3 Å². The first-order valence-corrected chi connectivity index (χ1v) is 9.54. The Morgan fingerprint density at radius 2 is 2.28 bits per heavy atom. The Labute approximate surface area is 150 Å². The van der Waals surface area contributed by atoms with Crippen LogP contribution in [0.15, 0.2) is 11.3 Å². The van der Waals surface area contributed by atoms with Crippen LogP contribution >= 0.6 is 11.3 Å². The molecule has 138 valence electrons. The van der Waals surface area contributed by atoms with Gasteiger partial charge in [0.15, 0.2) is 11.0 Å². The molecule has 0 aliphatic carbocycles. The Morgan fingerprint density at radius 1 is 1.48 bits per heavy atom. The summed E-state index contributed by atoms with van der Waals surface area (Å²) in [5, 5.41) is 18.3. The Morgan fingerprint density at radius 3 is 2.92 bits per heavy atom. The van der Waals surface area contributed by atoms with Gasteiger partial charge in [0, 0.05) is 43.2 Å². The Bertz CT molecular complexity index is 615. The van der Waals surface area contributed by atoms with Gasteiger partial charge >= 0.3 is 5.97 Å². The van der Waals surface area contributed by atoms with Crippen LogP contribution in [0.4, 0.5) is 5.13 Å². The molecule has 2 unspecified atom stereocenters. The molecule has 3 heterocycles. The zero-order valence-corrected chi connectivity index (χ0v) is 15.2. The number of thiazole rings is 1. The van der Waals surface area contributed by atoms with Crippen molar-refractivity contribution >= 4 is 28.3 Å². The summed E-state index contributed by atoms with van der Waals surface area (Å²) in [6.45, 7) is 5.86. The van der Waals surface area contributed by atoms with Gasteiger partial charge in [0.25, 0.3) is 0 Å². The molecule has 10 heteroatoms. The van der Waals surface area contributed by atoms with Crippen LogP contribution in [0.1, 0.15) is 24.6 Å². The summed E-state index contributed by atoms with van der Waals surface area (Å²) in [5.74, 6) is -0.734. The number of quaternary nitrogens is 1. The number of piperazine rings is 1. The molecular weight excluding hydrogens is 342 g/mol. The molecular formula is C15H26N7O2S+. The first-order valence-electron chi connectivity index (χ1n) is 8.73. The van der Waals surface area contributed by atoms with Crippen LogP contribution in [0.5, 0.6) is 0 Å². The van der Waals surface area contributed by atoms with E-state index in [9.17, 15) is 9.90 Å². The van der Waals surface area contributed by atoms with E-state index in [1.807, 2.05) is 13.1 Å². The highest BCUT2D eigenvalue weighted by Crippen LogP contribution is 2.29. The van der Waals surface area contributed by atoms with Crippen molar-refractivity contribution in [2.75, 3.05) is 31.1 Å². The molecule has 0 amide bonds. The normalized spacial score (nSPS) is 20.0. The van der Waals surface area contributed by atoms with Crippen LogP contribution in [0.25, 0.3) is 0 Å². The van der Waals surface area contributed by atoms with E-state index in [-0.39, 0.29) is 5.92 Å². The highest BCUT2D eigenvalue weighted by molar-refractivity contribution is 7.15. The van der Waals surface area contributed by atoms with Crippen molar-refractivity contribution in [3.8, 4) is 0 Å². The quantitative estimate of drug-likeness (QED) is 0.378. The monoisotopic (exact) mass is 368 g/mol. The molecule has 0 bridgehead atoms. The number of aromatic nitrogens is 1. The number of amidine groups is 1. The predicted molar refractivity (Wildman–Crippen MR) is 96.1 cm³/mol. The van der Waals surface area contributed by atoms with Crippen LogP contribution in [0.2, 0.25) is 0 Å². The van der Waals surface area contributed by atoms with Gasteiger partial charge < -0.3 is 15.3 Å². The smallest absolute Gasteiger partial charge is 0.307 e. The third-order valence-electron chi connectivity index (χ3n) is 4.57. The SMILES string of the molecule is CCCC(C(=O)O)C(Cc1cnc(N2CCNCC2)s1)C1=N[NH2+]NN1. The number of nitrogens with one attached hydrogen (secondary N) is 3. The summed E-state index contributed by atoms with van der Waals surface area (Å²) in [5.41, 5.74) is 7.38. The van der Waals surface area contributed by atoms with Crippen molar-refractivity contribution < 1.29 is 15.4 Å². The second-order valence-corrected chi connectivity index (χ2v) is 7.40. The second kappa shape index (κ2) is 8.56. The average Bonchev–Trinajstić information content (AvgIpc) is 3.30. The predicted octanol–water partition coefficient (Wildman–Crippen LogP) is -0.888. The zero-order valence-electron chi connectivity index (χ0n) is 14.4. The number of rotatable bonds is 8. The van der Waals surface area contributed by atoms with Gasteiger partial charge in [-0.25, -0.2) is 4.98 Å². The molecule has 2 aliphatic rings. The first kappa shape index (κ1) is 18.1. The lowest BCUT2D eigenvalue weighted by Gasteiger charge is -2.26. The molecule has 1 saturated heterocycles. The molecule has 25 heavy (non-hydrogen) atoms. The van der Waals surface area contributed by atoms with E-state index in [1.165, 1.54) is 0 Å². The van der Waals surface area contributed by atoms with E-state index in [0.717, 1.165) is 42.6 Å². The molecule has 0 aromatic carbocycles. The van der Waals surface area contributed by atoms with E-state index in [1.54, 1.807) is 16.9 Å².